The molecule has 6 heteroatoms. The monoisotopic (exact) mass is 368 g/mol. The molecule has 2 saturated heterocycles. The van der Waals surface area contributed by atoms with Gasteiger partial charge in [-0.15, -0.1) is 0 Å². The first kappa shape index (κ1) is 18.7. The lowest BCUT2D eigenvalue weighted by molar-refractivity contribution is -0.0394. The summed E-state index contributed by atoms with van der Waals surface area (Å²) in [7, 11) is -0.331. The molecule has 2 aliphatic rings. The molecule has 27 heavy (non-hydrogen) atoms. The number of aromatic nitrogens is 2. The van der Waals surface area contributed by atoms with Crippen LogP contribution in [-0.4, -0.2) is 34.7 Å². The van der Waals surface area contributed by atoms with E-state index in [0.29, 0.717) is 0 Å². The van der Waals surface area contributed by atoms with Crippen LogP contribution in [0.3, 0.4) is 0 Å². The van der Waals surface area contributed by atoms with Crippen molar-refractivity contribution >= 4 is 12.6 Å². The molecule has 1 aromatic carbocycles. The minimum absolute atomic E-state index is 0.0672. The van der Waals surface area contributed by atoms with E-state index in [2.05, 4.69) is 64.1 Å². The van der Waals surface area contributed by atoms with E-state index in [4.69, 9.17) is 14.0 Å². The summed E-state index contributed by atoms with van der Waals surface area (Å²) >= 11 is 0. The molecule has 0 saturated carbocycles. The highest BCUT2D eigenvalue weighted by molar-refractivity contribution is 6.62. The van der Waals surface area contributed by atoms with Gasteiger partial charge in [0.1, 0.15) is 6.23 Å². The number of hydrogen-bond donors (Lipinski definition) is 0. The maximum absolute atomic E-state index is 6.20. The van der Waals surface area contributed by atoms with Crippen molar-refractivity contribution in [3.8, 4) is 11.1 Å². The van der Waals surface area contributed by atoms with Gasteiger partial charge in [-0.25, -0.2) is 4.68 Å². The maximum Gasteiger partial charge on any atom is 0.495 e. The molecule has 1 atom stereocenters. The first-order valence-corrected chi connectivity index (χ1v) is 9.89. The summed E-state index contributed by atoms with van der Waals surface area (Å²) in [5.41, 5.74) is 3.84. The molecule has 0 amide bonds. The molecule has 3 heterocycles. The van der Waals surface area contributed by atoms with Crippen LogP contribution < -0.4 is 5.46 Å². The van der Waals surface area contributed by atoms with Crippen molar-refractivity contribution in [3.05, 3.63) is 36.2 Å². The highest BCUT2D eigenvalue weighted by Gasteiger charge is 2.52. The summed E-state index contributed by atoms with van der Waals surface area (Å²) < 4.78 is 20.2. The number of aryl methyl sites for hydroxylation is 1. The highest BCUT2D eigenvalue weighted by atomic mass is 16.7. The number of hydrogen-bond acceptors (Lipinski definition) is 4. The van der Waals surface area contributed by atoms with Gasteiger partial charge in [-0.2, -0.15) is 5.10 Å². The van der Waals surface area contributed by atoms with E-state index in [1.54, 1.807) is 0 Å². The van der Waals surface area contributed by atoms with Crippen LogP contribution in [0, 0.1) is 6.92 Å². The van der Waals surface area contributed by atoms with Crippen molar-refractivity contribution in [1.29, 1.82) is 0 Å². The molecule has 2 aliphatic heterocycles. The molecule has 2 fully saturated rings. The summed E-state index contributed by atoms with van der Waals surface area (Å²) in [5.74, 6) is 0. The second kappa shape index (κ2) is 6.76. The fraction of sp³-hybridized carbons (Fsp3) is 0.571. The predicted octanol–water partition coefficient (Wildman–Crippen LogP) is 3.86. The van der Waals surface area contributed by atoms with Gasteiger partial charge in [0.05, 0.1) is 17.4 Å². The molecular weight excluding hydrogens is 339 g/mol. The van der Waals surface area contributed by atoms with Crippen LogP contribution in [-0.2, 0) is 14.0 Å². The van der Waals surface area contributed by atoms with Gasteiger partial charge < -0.3 is 14.0 Å². The minimum Gasteiger partial charge on any atom is -0.399 e. The molecule has 1 aromatic heterocycles. The van der Waals surface area contributed by atoms with Gasteiger partial charge in [-0.05, 0) is 64.9 Å². The summed E-state index contributed by atoms with van der Waals surface area (Å²) in [5, 5.41) is 4.53. The molecule has 4 rings (SSSR count). The Morgan fingerprint density at radius 2 is 1.81 bits per heavy atom. The SMILES string of the molecule is Cc1cc(-c2cnn(C3CCCCO3)c2)ccc1B1OC(C)(C)C(C)(C)O1. The van der Waals surface area contributed by atoms with Crippen LogP contribution in [0.4, 0.5) is 0 Å². The molecule has 5 nitrogen and oxygen atoms in total. The second-order valence-electron chi connectivity index (χ2n) is 8.69. The van der Waals surface area contributed by atoms with Crippen LogP contribution in [0.25, 0.3) is 11.1 Å². The standard InChI is InChI=1S/C21H29BN2O3/c1-15-12-16(17-13-23-24(14-17)19-8-6-7-11-25-19)9-10-18(15)22-26-20(2,3)21(4,5)27-22/h9-10,12-14,19H,6-8,11H2,1-5H3. The van der Waals surface area contributed by atoms with Gasteiger partial charge >= 0.3 is 7.12 Å². The summed E-state index contributed by atoms with van der Waals surface area (Å²) in [4.78, 5) is 0. The Bertz CT molecular complexity index is 809. The van der Waals surface area contributed by atoms with Crippen LogP contribution in [0.15, 0.2) is 30.6 Å². The first-order chi connectivity index (χ1) is 12.8. The maximum atomic E-state index is 6.20. The van der Waals surface area contributed by atoms with E-state index in [0.717, 1.165) is 41.6 Å². The second-order valence-corrected chi connectivity index (χ2v) is 8.69. The van der Waals surface area contributed by atoms with Gasteiger partial charge in [0.2, 0.25) is 0 Å². The number of nitrogens with zero attached hydrogens (tertiary/aromatic N) is 2. The van der Waals surface area contributed by atoms with E-state index in [1.807, 2.05) is 10.9 Å². The fourth-order valence-corrected chi connectivity index (χ4v) is 3.67. The lowest BCUT2D eigenvalue weighted by atomic mass is 9.75. The third kappa shape index (κ3) is 3.46. The first-order valence-electron chi connectivity index (χ1n) is 9.89. The van der Waals surface area contributed by atoms with Gasteiger partial charge in [0.15, 0.2) is 0 Å². The van der Waals surface area contributed by atoms with E-state index in [1.165, 1.54) is 6.42 Å². The molecular formula is C21H29BN2O3. The summed E-state index contributed by atoms with van der Waals surface area (Å²) in [6.45, 7) is 11.3. The van der Waals surface area contributed by atoms with E-state index in [9.17, 15) is 0 Å². The van der Waals surface area contributed by atoms with Crippen molar-refractivity contribution < 1.29 is 14.0 Å². The van der Waals surface area contributed by atoms with Crippen LogP contribution in [0.5, 0.6) is 0 Å². The van der Waals surface area contributed by atoms with Crippen LogP contribution in [0.1, 0.15) is 58.7 Å². The average molecular weight is 368 g/mol. The molecule has 2 aromatic rings. The van der Waals surface area contributed by atoms with E-state index >= 15 is 0 Å². The lowest BCUT2D eigenvalue weighted by Gasteiger charge is -2.32. The quantitative estimate of drug-likeness (QED) is 0.772. The van der Waals surface area contributed by atoms with Gasteiger partial charge in [-0.3, -0.25) is 0 Å². The number of rotatable bonds is 3. The zero-order chi connectivity index (χ0) is 19.2. The van der Waals surface area contributed by atoms with Crippen molar-refractivity contribution in [2.75, 3.05) is 6.61 Å². The third-order valence-corrected chi connectivity index (χ3v) is 6.16. The third-order valence-electron chi connectivity index (χ3n) is 6.16. The summed E-state index contributed by atoms with van der Waals surface area (Å²) in [6.07, 6.45) is 7.44. The normalized spacial score (nSPS) is 24.3. The van der Waals surface area contributed by atoms with Crippen molar-refractivity contribution in [2.24, 2.45) is 0 Å². The Kier molecular flexibility index (Phi) is 4.69. The Morgan fingerprint density at radius 1 is 1.07 bits per heavy atom. The molecule has 1 unspecified atom stereocenters. The fourth-order valence-electron chi connectivity index (χ4n) is 3.67. The Balaban J connectivity index is 1.55. The van der Waals surface area contributed by atoms with Crippen molar-refractivity contribution in [3.63, 3.8) is 0 Å². The predicted molar refractivity (Wildman–Crippen MR) is 107 cm³/mol. The Morgan fingerprint density at radius 3 is 2.44 bits per heavy atom. The van der Waals surface area contributed by atoms with Gasteiger partial charge in [0.25, 0.3) is 0 Å². The molecule has 0 bridgehead atoms. The van der Waals surface area contributed by atoms with E-state index < -0.39 is 0 Å². The molecule has 144 valence electrons. The Hall–Kier alpha value is -1.63. The highest BCUT2D eigenvalue weighted by Crippen LogP contribution is 2.37. The number of benzene rings is 1. The van der Waals surface area contributed by atoms with E-state index in [-0.39, 0.29) is 24.5 Å². The van der Waals surface area contributed by atoms with Gasteiger partial charge in [-0.1, -0.05) is 23.8 Å². The minimum atomic E-state index is -0.331. The van der Waals surface area contributed by atoms with Crippen LogP contribution >= 0.6 is 0 Å². The van der Waals surface area contributed by atoms with Crippen LogP contribution in [0.2, 0.25) is 0 Å². The Labute approximate surface area is 162 Å². The zero-order valence-corrected chi connectivity index (χ0v) is 17.0. The van der Waals surface area contributed by atoms with Crippen molar-refractivity contribution in [2.45, 2.75) is 71.3 Å². The number of ether oxygens (including phenoxy) is 1. The van der Waals surface area contributed by atoms with Gasteiger partial charge in [0, 0.05) is 18.4 Å². The largest absolute Gasteiger partial charge is 0.495 e. The summed E-state index contributed by atoms with van der Waals surface area (Å²) in [6, 6.07) is 6.42. The molecule has 0 spiro atoms. The molecule has 0 radical (unpaired) electrons. The average Bonchev–Trinajstić information content (AvgIpc) is 3.18. The smallest absolute Gasteiger partial charge is 0.399 e. The molecule has 0 N–H and O–H groups in total. The topological polar surface area (TPSA) is 45.5 Å². The zero-order valence-electron chi connectivity index (χ0n) is 17.0. The molecule has 0 aliphatic carbocycles. The lowest BCUT2D eigenvalue weighted by Crippen LogP contribution is -2.41. The van der Waals surface area contributed by atoms with Crippen molar-refractivity contribution in [1.82, 2.24) is 9.78 Å².